The first-order chi connectivity index (χ1) is 8.18. The van der Waals surface area contributed by atoms with Crippen LogP contribution < -0.4 is 5.32 Å². The molecule has 0 amide bonds. The van der Waals surface area contributed by atoms with Gasteiger partial charge in [-0.25, -0.2) is 0 Å². The summed E-state index contributed by atoms with van der Waals surface area (Å²) in [5.74, 6) is 0. The summed E-state index contributed by atoms with van der Waals surface area (Å²) in [6.07, 6.45) is 4.92. The second kappa shape index (κ2) is 5.60. The number of nitrogens with one attached hydrogen (secondary N) is 1. The van der Waals surface area contributed by atoms with Gasteiger partial charge in [-0.15, -0.1) is 0 Å². The Morgan fingerprint density at radius 2 is 2.06 bits per heavy atom. The Labute approximate surface area is 114 Å². The zero-order valence-electron chi connectivity index (χ0n) is 10.2. The summed E-state index contributed by atoms with van der Waals surface area (Å²) in [5, 5.41) is 5.06. The molecule has 0 saturated heterocycles. The fraction of sp³-hybridized carbons (Fsp3) is 0.571. The Hall–Kier alpha value is -0.240. The van der Waals surface area contributed by atoms with Gasteiger partial charge in [0, 0.05) is 22.0 Å². The van der Waals surface area contributed by atoms with Gasteiger partial charge in [-0.1, -0.05) is 42.6 Å². The van der Waals surface area contributed by atoms with Crippen molar-refractivity contribution in [3.63, 3.8) is 0 Å². The molecule has 1 nitrogen and oxygen atoms in total. The number of hydrogen-bond acceptors (Lipinski definition) is 1. The minimum absolute atomic E-state index is 0.247. The normalized spacial score (nSPS) is 17.8. The largest absolute Gasteiger partial charge is 0.316 e. The zero-order chi connectivity index (χ0) is 12.3. The lowest BCUT2D eigenvalue weighted by Gasteiger charge is -2.43. The summed E-state index contributed by atoms with van der Waals surface area (Å²) in [4.78, 5) is 0. The average molecular weight is 272 g/mol. The van der Waals surface area contributed by atoms with E-state index in [1.54, 1.807) is 0 Å². The Kier molecular flexibility index (Phi) is 4.35. The number of rotatable bonds is 5. The van der Waals surface area contributed by atoms with E-state index in [0.29, 0.717) is 0 Å². The van der Waals surface area contributed by atoms with Gasteiger partial charge in [0.2, 0.25) is 0 Å². The highest BCUT2D eigenvalue weighted by Gasteiger charge is 2.39. The molecule has 17 heavy (non-hydrogen) atoms. The lowest BCUT2D eigenvalue weighted by atomic mass is 9.64. The number of benzene rings is 1. The fourth-order valence-corrected chi connectivity index (χ4v) is 3.18. The van der Waals surface area contributed by atoms with Gasteiger partial charge in [-0.2, -0.15) is 0 Å². The van der Waals surface area contributed by atoms with Crippen molar-refractivity contribution in [3.05, 3.63) is 33.8 Å². The molecule has 1 aliphatic carbocycles. The van der Waals surface area contributed by atoms with Crippen LogP contribution in [-0.2, 0) is 5.41 Å². The SMILES string of the molecule is CCCNCC1(c2ccc(Cl)cc2Cl)CCC1. The van der Waals surface area contributed by atoms with Crippen molar-refractivity contribution in [1.82, 2.24) is 5.32 Å². The highest BCUT2D eigenvalue weighted by Crippen LogP contribution is 2.46. The molecule has 2 rings (SSSR count). The molecule has 1 aliphatic rings. The maximum atomic E-state index is 6.33. The van der Waals surface area contributed by atoms with Crippen LogP contribution in [0.5, 0.6) is 0 Å². The molecule has 1 aromatic carbocycles. The fourth-order valence-electron chi connectivity index (χ4n) is 2.57. The monoisotopic (exact) mass is 271 g/mol. The molecule has 0 bridgehead atoms. The van der Waals surface area contributed by atoms with Crippen molar-refractivity contribution in [1.29, 1.82) is 0 Å². The standard InChI is InChI=1S/C14H19Cl2N/c1-2-8-17-10-14(6-3-7-14)12-5-4-11(15)9-13(12)16/h4-5,9,17H,2-3,6-8,10H2,1H3. The van der Waals surface area contributed by atoms with Crippen LogP contribution in [0.4, 0.5) is 0 Å². The molecule has 1 N–H and O–H groups in total. The molecule has 0 aromatic heterocycles. The van der Waals surface area contributed by atoms with Crippen molar-refractivity contribution in [2.24, 2.45) is 0 Å². The van der Waals surface area contributed by atoms with E-state index in [4.69, 9.17) is 23.2 Å². The first-order valence-corrected chi connectivity index (χ1v) is 7.10. The molecule has 94 valence electrons. The highest BCUT2D eigenvalue weighted by molar-refractivity contribution is 6.35. The third-order valence-corrected chi connectivity index (χ3v) is 4.25. The molecule has 1 fully saturated rings. The molecule has 0 spiro atoms. The van der Waals surface area contributed by atoms with Crippen LogP contribution in [0.2, 0.25) is 10.0 Å². The van der Waals surface area contributed by atoms with E-state index < -0.39 is 0 Å². The van der Waals surface area contributed by atoms with Crippen molar-refractivity contribution in [2.45, 2.75) is 38.0 Å². The van der Waals surface area contributed by atoms with Crippen LogP contribution >= 0.6 is 23.2 Å². The van der Waals surface area contributed by atoms with Gasteiger partial charge in [0.1, 0.15) is 0 Å². The van der Waals surface area contributed by atoms with E-state index in [9.17, 15) is 0 Å². The topological polar surface area (TPSA) is 12.0 Å². The minimum atomic E-state index is 0.247. The van der Waals surface area contributed by atoms with Gasteiger partial charge < -0.3 is 5.32 Å². The van der Waals surface area contributed by atoms with Crippen molar-refractivity contribution < 1.29 is 0 Å². The summed E-state index contributed by atoms with van der Waals surface area (Å²) in [7, 11) is 0. The van der Waals surface area contributed by atoms with E-state index >= 15 is 0 Å². The minimum Gasteiger partial charge on any atom is -0.316 e. The summed E-state index contributed by atoms with van der Waals surface area (Å²) >= 11 is 12.3. The maximum absolute atomic E-state index is 6.33. The van der Waals surface area contributed by atoms with Gasteiger partial charge in [0.15, 0.2) is 0 Å². The molecule has 0 heterocycles. The summed E-state index contributed by atoms with van der Waals surface area (Å²) in [5.41, 5.74) is 1.51. The van der Waals surface area contributed by atoms with Crippen LogP contribution in [0.25, 0.3) is 0 Å². The van der Waals surface area contributed by atoms with Crippen molar-refractivity contribution >= 4 is 23.2 Å². The molecule has 3 heteroatoms. The van der Waals surface area contributed by atoms with Crippen LogP contribution in [0, 0.1) is 0 Å². The van der Waals surface area contributed by atoms with Gasteiger partial charge in [0.05, 0.1) is 0 Å². The third kappa shape index (κ3) is 2.78. The van der Waals surface area contributed by atoms with E-state index in [-0.39, 0.29) is 5.41 Å². The third-order valence-electron chi connectivity index (χ3n) is 3.70. The molecule has 1 aromatic rings. The average Bonchev–Trinajstić information content (AvgIpc) is 2.23. The summed E-state index contributed by atoms with van der Waals surface area (Å²) in [6.45, 7) is 4.30. The molecular formula is C14H19Cl2N. The van der Waals surface area contributed by atoms with Gasteiger partial charge in [0.25, 0.3) is 0 Å². The molecule has 0 radical (unpaired) electrons. The number of halogens is 2. The highest BCUT2D eigenvalue weighted by atomic mass is 35.5. The molecular weight excluding hydrogens is 253 g/mol. The molecule has 0 unspecified atom stereocenters. The second-order valence-electron chi connectivity index (χ2n) is 4.93. The molecule has 0 aliphatic heterocycles. The Morgan fingerprint density at radius 1 is 1.29 bits per heavy atom. The molecule has 0 atom stereocenters. The van der Waals surface area contributed by atoms with E-state index in [2.05, 4.69) is 18.3 Å². The van der Waals surface area contributed by atoms with E-state index in [0.717, 1.165) is 23.1 Å². The van der Waals surface area contributed by atoms with Crippen LogP contribution in [0.15, 0.2) is 18.2 Å². The second-order valence-corrected chi connectivity index (χ2v) is 5.78. The van der Waals surface area contributed by atoms with Crippen molar-refractivity contribution in [2.75, 3.05) is 13.1 Å². The summed E-state index contributed by atoms with van der Waals surface area (Å²) < 4.78 is 0. The summed E-state index contributed by atoms with van der Waals surface area (Å²) in [6, 6.07) is 5.90. The molecule has 1 saturated carbocycles. The van der Waals surface area contributed by atoms with Gasteiger partial charge in [-0.05, 0) is 43.5 Å². The predicted molar refractivity (Wildman–Crippen MR) is 75.2 cm³/mol. The quantitative estimate of drug-likeness (QED) is 0.783. The Morgan fingerprint density at radius 3 is 2.59 bits per heavy atom. The van der Waals surface area contributed by atoms with E-state index in [1.807, 2.05) is 12.1 Å². The number of hydrogen-bond donors (Lipinski definition) is 1. The van der Waals surface area contributed by atoms with Crippen LogP contribution in [0.1, 0.15) is 38.2 Å². The van der Waals surface area contributed by atoms with E-state index in [1.165, 1.54) is 31.2 Å². The zero-order valence-corrected chi connectivity index (χ0v) is 11.7. The van der Waals surface area contributed by atoms with Crippen molar-refractivity contribution in [3.8, 4) is 0 Å². The van der Waals surface area contributed by atoms with Gasteiger partial charge >= 0.3 is 0 Å². The smallest absolute Gasteiger partial charge is 0.0458 e. The Bertz CT molecular complexity index is 386. The first-order valence-electron chi connectivity index (χ1n) is 6.34. The lowest BCUT2D eigenvalue weighted by molar-refractivity contribution is 0.234. The predicted octanol–water partition coefficient (Wildman–Crippen LogP) is 4.41. The lowest BCUT2D eigenvalue weighted by Crippen LogP contribution is -2.44. The van der Waals surface area contributed by atoms with Crippen LogP contribution in [0.3, 0.4) is 0 Å². The maximum Gasteiger partial charge on any atom is 0.0458 e. The van der Waals surface area contributed by atoms with Crippen LogP contribution in [-0.4, -0.2) is 13.1 Å². The first kappa shape index (κ1) is 13.2. The Balaban J connectivity index is 2.16. The van der Waals surface area contributed by atoms with Gasteiger partial charge in [-0.3, -0.25) is 0 Å².